The van der Waals surface area contributed by atoms with E-state index in [-0.39, 0.29) is 11.6 Å². The number of fused-ring (bicyclic) bond motifs is 1. The molecule has 0 bridgehead atoms. The highest BCUT2D eigenvalue weighted by Gasteiger charge is 2.23. The monoisotopic (exact) mass is 420 g/mol. The summed E-state index contributed by atoms with van der Waals surface area (Å²) in [6, 6.07) is 8.44. The zero-order valence-corrected chi connectivity index (χ0v) is 16.5. The second kappa shape index (κ2) is 7.48. The zero-order valence-electron chi connectivity index (χ0n) is 14.9. The smallest absolute Gasteiger partial charge is 0.331 e. The molecule has 1 aromatic heterocycles. The normalized spacial score (nSPS) is 17.7. The van der Waals surface area contributed by atoms with Crippen LogP contribution in [0.3, 0.4) is 0 Å². The molecule has 4 rings (SSSR count). The highest BCUT2D eigenvalue weighted by atomic mass is 79.9. The molecule has 26 heavy (non-hydrogen) atoms. The summed E-state index contributed by atoms with van der Waals surface area (Å²) in [5.41, 5.74) is 2.03. The number of imidazole rings is 1. The number of anilines is 1. The summed E-state index contributed by atoms with van der Waals surface area (Å²) in [6.07, 6.45) is 2.65. The van der Waals surface area contributed by atoms with Crippen LogP contribution >= 0.6 is 15.9 Å². The van der Waals surface area contributed by atoms with Crippen LogP contribution in [0.2, 0.25) is 0 Å². The van der Waals surface area contributed by atoms with Gasteiger partial charge < -0.3 is 10.0 Å². The SMILES string of the molecule is O=c1n(CCCN2CCN(c3cccc(Br)c3)CC2)c(O)c2n1CCC2. The molecule has 0 saturated carbocycles. The molecule has 0 spiro atoms. The molecule has 2 aliphatic rings. The van der Waals surface area contributed by atoms with E-state index in [1.807, 2.05) is 0 Å². The molecular formula is C19H25BrN4O2. The van der Waals surface area contributed by atoms with Crippen LogP contribution in [-0.4, -0.2) is 51.9 Å². The van der Waals surface area contributed by atoms with Crippen molar-refractivity contribution in [1.29, 1.82) is 0 Å². The minimum atomic E-state index is -0.0468. The first-order chi connectivity index (χ1) is 12.6. The molecule has 0 aliphatic carbocycles. The lowest BCUT2D eigenvalue weighted by Gasteiger charge is -2.36. The van der Waals surface area contributed by atoms with Gasteiger partial charge in [-0.05, 0) is 44.0 Å². The number of aromatic hydroxyl groups is 1. The Morgan fingerprint density at radius 3 is 2.62 bits per heavy atom. The van der Waals surface area contributed by atoms with Crippen LogP contribution in [0.5, 0.6) is 5.88 Å². The Morgan fingerprint density at radius 2 is 1.88 bits per heavy atom. The number of hydrogen-bond donors (Lipinski definition) is 1. The number of hydrogen-bond acceptors (Lipinski definition) is 4. The lowest BCUT2D eigenvalue weighted by atomic mass is 10.2. The minimum Gasteiger partial charge on any atom is -0.493 e. The van der Waals surface area contributed by atoms with Crippen molar-refractivity contribution in [3.8, 4) is 5.88 Å². The third kappa shape index (κ3) is 3.42. The standard InChI is InChI=1S/C19H25BrN4O2/c20-15-4-1-5-16(14-15)22-12-10-21(11-13-22)7-3-9-24-18(25)17-6-2-8-23(17)19(24)26/h1,4-5,14,25H,2-3,6-13H2. The summed E-state index contributed by atoms with van der Waals surface area (Å²) in [5, 5.41) is 10.3. The third-order valence-corrected chi connectivity index (χ3v) is 5.99. The summed E-state index contributed by atoms with van der Waals surface area (Å²) >= 11 is 3.54. The molecule has 1 fully saturated rings. The Kier molecular flexibility index (Phi) is 5.09. The van der Waals surface area contributed by atoms with Gasteiger partial charge in [-0.15, -0.1) is 0 Å². The van der Waals surface area contributed by atoms with Crippen LogP contribution in [0.1, 0.15) is 18.5 Å². The predicted molar refractivity (Wildman–Crippen MR) is 106 cm³/mol. The highest BCUT2D eigenvalue weighted by molar-refractivity contribution is 9.10. The van der Waals surface area contributed by atoms with Crippen molar-refractivity contribution < 1.29 is 5.11 Å². The van der Waals surface area contributed by atoms with Crippen molar-refractivity contribution in [3.63, 3.8) is 0 Å². The number of aromatic nitrogens is 2. The van der Waals surface area contributed by atoms with Gasteiger partial charge in [-0.1, -0.05) is 22.0 Å². The topological polar surface area (TPSA) is 53.6 Å². The Labute approximate surface area is 161 Å². The van der Waals surface area contributed by atoms with Crippen molar-refractivity contribution in [2.24, 2.45) is 0 Å². The molecule has 1 aromatic carbocycles. The van der Waals surface area contributed by atoms with Crippen LogP contribution in [-0.2, 0) is 19.5 Å². The van der Waals surface area contributed by atoms with E-state index in [1.165, 1.54) is 5.69 Å². The van der Waals surface area contributed by atoms with E-state index >= 15 is 0 Å². The van der Waals surface area contributed by atoms with Crippen molar-refractivity contribution in [2.75, 3.05) is 37.6 Å². The van der Waals surface area contributed by atoms with Gasteiger partial charge in [-0.25, -0.2) is 4.79 Å². The first kappa shape index (κ1) is 17.7. The Morgan fingerprint density at radius 1 is 1.08 bits per heavy atom. The van der Waals surface area contributed by atoms with Gasteiger partial charge in [0.25, 0.3) is 0 Å². The van der Waals surface area contributed by atoms with Gasteiger partial charge in [0, 0.05) is 49.4 Å². The second-order valence-corrected chi connectivity index (χ2v) is 8.04. The molecule has 6 nitrogen and oxygen atoms in total. The van der Waals surface area contributed by atoms with Crippen molar-refractivity contribution in [1.82, 2.24) is 14.0 Å². The molecule has 7 heteroatoms. The van der Waals surface area contributed by atoms with Gasteiger partial charge in [0.15, 0.2) is 0 Å². The molecule has 2 aliphatic heterocycles. The van der Waals surface area contributed by atoms with Gasteiger partial charge >= 0.3 is 5.69 Å². The summed E-state index contributed by atoms with van der Waals surface area (Å²) in [6.45, 7) is 6.38. The molecule has 1 saturated heterocycles. The number of halogens is 1. The quantitative estimate of drug-likeness (QED) is 0.805. The maximum atomic E-state index is 12.3. The summed E-state index contributed by atoms with van der Waals surface area (Å²) < 4.78 is 4.39. The van der Waals surface area contributed by atoms with E-state index in [1.54, 1.807) is 9.13 Å². The van der Waals surface area contributed by atoms with Crippen molar-refractivity contribution in [3.05, 3.63) is 44.9 Å². The fourth-order valence-corrected chi connectivity index (χ4v) is 4.45. The molecule has 0 atom stereocenters. The van der Waals surface area contributed by atoms with Gasteiger partial charge in [0.2, 0.25) is 5.88 Å². The van der Waals surface area contributed by atoms with Gasteiger partial charge in [0.1, 0.15) is 0 Å². The Hall–Kier alpha value is -1.73. The van der Waals surface area contributed by atoms with Crippen molar-refractivity contribution in [2.45, 2.75) is 32.4 Å². The fourth-order valence-electron chi connectivity index (χ4n) is 4.07. The van der Waals surface area contributed by atoms with Crippen molar-refractivity contribution >= 4 is 21.6 Å². The van der Waals surface area contributed by atoms with Crippen LogP contribution in [0.4, 0.5) is 5.69 Å². The maximum absolute atomic E-state index is 12.3. The average molecular weight is 421 g/mol. The first-order valence-corrected chi connectivity index (χ1v) is 10.2. The van der Waals surface area contributed by atoms with Crippen LogP contribution in [0.15, 0.2) is 33.5 Å². The molecule has 3 heterocycles. The van der Waals surface area contributed by atoms with Crippen LogP contribution in [0, 0.1) is 0 Å². The summed E-state index contributed by atoms with van der Waals surface area (Å²) in [7, 11) is 0. The van der Waals surface area contributed by atoms with E-state index in [4.69, 9.17) is 0 Å². The molecule has 1 N–H and O–H groups in total. The number of benzene rings is 1. The lowest BCUT2D eigenvalue weighted by molar-refractivity contribution is 0.248. The number of rotatable bonds is 5. The molecular weight excluding hydrogens is 396 g/mol. The van der Waals surface area contributed by atoms with Gasteiger partial charge in [-0.3, -0.25) is 14.0 Å². The largest absolute Gasteiger partial charge is 0.493 e. The maximum Gasteiger partial charge on any atom is 0.331 e. The van der Waals surface area contributed by atoms with Gasteiger partial charge in [-0.2, -0.15) is 0 Å². The van der Waals surface area contributed by atoms with E-state index in [0.717, 1.165) is 68.7 Å². The van der Waals surface area contributed by atoms with E-state index in [0.29, 0.717) is 6.54 Å². The minimum absolute atomic E-state index is 0.0468. The lowest BCUT2D eigenvalue weighted by Crippen LogP contribution is -2.46. The molecule has 0 amide bonds. The average Bonchev–Trinajstić information content (AvgIpc) is 3.22. The third-order valence-electron chi connectivity index (χ3n) is 5.50. The molecule has 2 aromatic rings. The molecule has 0 unspecified atom stereocenters. The van der Waals surface area contributed by atoms with Gasteiger partial charge in [0.05, 0.1) is 5.69 Å². The molecule has 0 radical (unpaired) electrons. The van der Waals surface area contributed by atoms with E-state index < -0.39 is 0 Å². The summed E-state index contributed by atoms with van der Waals surface area (Å²) in [5.74, 6) is 0.187. The predicted octanol–water partition coefficient (Wildman–Crippen LogP) is 2.28. The fraction of sp³-hybridized carbons (Fsp3) is 0.526. The Balaban J connectivity index is 1.28. The Bertz CT molecular complexity index is 837. The second-order valence-electron chi connectivity index (χ2n) is 7.12. The first-order valence-electron chi connectivity index (χ1n) is 9.37. The van der Waals surface area contributed by atoms with E-state index in [2.05, 4.69) is 50.0 Å². The number of nitrogens with zero attached hydrogens (tertiary/aromatic N) is 4. The zero-order chi connectivity index (χ0) is 18.1. The number of piperazine rings is 1. The highest BCUT2D eigenvalue weighted by Crippen LogP contribution is 2.23. The van der Waals surface area contributed by atoms with Crippen LogP contribution < -0.4 is 10.6 Å². The van der Waals surface area contributed by atoms with Crippen LogP contribution in [0.25, 0.3) is 0 Å². The summed E-state index contributed by atoms with van der Waals surface area (Å²) in [4.78, 5) is 17.2. The molecule has 140 valence electrons. The van der Waals surface area contributed by atoms with E-state index in [9.17, 15) is 9.90 Å².